The van der Waals surface area contributed by atoms with E-state index in [1.807, 2.05) is 0 Å². The van der Waals surface area contributed by atoms with Crippen LogP contribution in [0.3, 0.4) is 0 Å². The van der Waals surface area contributed by atoms with Crippen LogP contribution >= 0.6 is 0 Å². The van der Waals surface area contributed by atoms with E-state index in [0.29, 0.717) is 17.9 Å². The van der Waals surface area contributed by atoms with Gasteiger partial charge in [-0.15, -0.1) is 0 Å². The lowest BCUT2D eigenvalue weighted by Gasteiger charge is -2.15. The number of methoxy groups -OCH3 is 1. The second-order valence-corrected chi connectivity index (χ2v) is 5.93. The van der Waals surface area contributed by atoms with E-state index >= 15 is 0 Å². The van der Waals surface area contributed by atoms with Gasteiger partial charge in [0.2, 0.25) is 0 Å². The monoisotopic (exact) mass is 331 g/mol. The molecule has 1 N–H and O–H groups in total. The molecule has 0 spiro atoms. The topological polar surface area (TPSA) is 64.6 Å². The Bertz CT molecular complexity index is 609. The Morgan fingerprint density at radius 2 is 2.12 bits per heavy atom. The predicted octanol–water partition coefficient (Wildman–Crippen LogP) is 3.25. The zero-order valence-corrected chi connectivity index (χ0v) is 14.3. The number of rotatable bonds is 7. The Kier molecular flexibility index (Phi) is 6.85. The molecule has 0 saturated heterocycles. The first kappa shape index (κ1) is 18.0. The maximum absolute atomic E-state index is 12.1. The molecule has 130 valence electrons. The van der Waals surface area contributed by atoms with Gasteiger partial charge in [-0.05, 0) is 57.2 Å². The number of hydrogen-bond acceptors (Lipinski definition) is 4. The first-order valence-corrected chi connectivity index (χ1v) is 8.41. The van der Waals surface area contributed by atoms with E-state index in [-0.39, 0.29) is 5.91 Å². The minimum Gasteiger partial charge on any atom is -0.497 e. The van der Waals surface area contributed by atoms with Crippen molar-refractivity contribution in [1.29, 1.82) is 0 Å². The zero-order valence-electron chi connectivity index (χ0n) is 14.3. The molecule has 5 nitrogen and oxygen atoms in total. The highest BCUT2D eigenvalue weighted by Crippen LogP contribution is 2.19. The Hall–Kier alpha value is -2.30. The van der Waals surface area contributed by atoms with E-state index < -0.39 is 12.1 Å². The minimum absolute atomic E-state index is 0.275. The average Bonchev–Trinajstić information content (AvgIpc) is 2.62. The van der Waals surface area contributed by atoms with Crippen LogP contribution in [0.4, 0.5) is 0 Å². The summed E-state index contributed by atoms with van der Waals surface area (Å²) in [5, 5.41) is 2.83. The summed E-state index contributed by atoms with van der Waals surface area (Å²) in [6.45, 7) is 2.15. The number of allylic oxidation sites excluding steroid dienone is 1. The summed E-state index contributed by atoms with van der Waals surface area (Å²) in [7, 11) is 1.53. The molecular formula is C19H25NO4. The SMILES string of the molecule is COc1cccc(C(=O)O[C@@H](C)C(=O)NCCC2=CCCCC2)c1. The number of ether oxygens (including phenoxy) is 2. The lowest BCUT2D eigenvalue weighted by Crippen LogP contribution is -2.36. The van der Waals surface area contributed by atoms with Crippen LogP contribution in [0.2, 0.25) is 0 Å². The fraction of sp³-hybridized carbons (Fsp3) is 0.474. The lowest BCUT2D eigenvalue weighted by molar-refractivity contribution is -0.129. The summed E-state index contributed by atoms with van der Waals surface area (Å²) in [4.78, 5) is 24.1. The minimum atomic E-state index is -0.830. The molecule has 5 heteroatoms. The highest BCUT2D eigenvalue weighted by molar-refractivity contribution is 5.92. The van der Waals surface area contributed by atoms with Crippen molar-refractivity contribution in [2.45, 2.75) is 45.1 Å². The Morgan fingerprint density at radius 3 is 2.83 bits per heavy atom. The Labute approximate surface area is 143 Å². The van der Waals surface area contributed by atoms with E-state index in [1.165, 1.54) is 25.5 Å². The second-order valence-electron chi connectivity index (χ2n) is 5.93. The number of amides is 1. The third kappa shape index (κ3) is 5.41. The van der Waals surface area contributed by atoms with Gasteiger partial charge in [0, 0.05) is 6.54 Å². The van der Waals surface area contributed by atoms with Crippen LogP contribution in [0.25, 0.3) is 0 Å². The molecule has 0 fully saturated rings. The normalized spacial score (nSPS) is 15.2. The molecule has 0 aliphatic heterocycles. The van der Waals surface area contributed by atoms with Gasteiger partial charge in [0.25, 0.3) is 5.91 Å². The predicted molar refractivity (Wildman–Crippen MR) is 92.0 cm³/mol. The molecule has 2 rings (SSSR count). The summed E-state index contributed by atoms with van der Waals surface area (Å²) in [5.74, 6) is -0.239. The fourth-order valence-electron chi connectivity index (χ4n) is 2.65. The molecule has 0 saturated carbocycles. The number of esters is 1. The third-order valence-electron chi connectivity index (χ3n) is 4.09. The van der Waals surface area contributed by atoms with Gasteiger partial charge in [0.1, 0.15) is 5.75 Å². The van der Waals surface area contributed by atoms with Crippen LogP contribution in [0.5, 0.6) is 5.75 Å². The molecule has 1 amide bonds. The quantitative estimate of drug-likeness (QED) is 0.615. The molecule has 1 atom stereocenters. The highest BCUT2D eigenvalue weighted by Gasteiger charge is 2.19. The molecule has 0 aromatic heterocycles. The molecule has 0 unspecified atom stereocenters. The van der Waals surface area contributed by atoms with Crippen LogP contribution in [-0.4, -0.2) is 31.6 Å². The van der Waals surface area contributed by atoms with Crippen molar-refractivity contribution >= 4 is 11.9 Å². The maximum atomic E-state index is 12.1. The summed E-state index contributed by atoms with van der Waals surface area (Å²) in [5.41, 5.74) is 1.77. The summed E-state index contributed by atoms with van der Waals surface area (Å²) < 4.78 is 10.3. The second kappa shape index (κ2) is 9.11. The lowest BCUT2D eigenvalue weighted by atomic mass is 9.97. The van der Waals surface area contributed by atoms with Gasteiger partial charge in [0.05, 0.1) is 12.7 Å². The number of benzene rings is 1. The Morgan fingerprint density at radius 1 is 1.29 bits per heavy atom. The molecule has 0 radical (unpaired) electrons. The molecule has 1 aliphatic carbocycles. The van der Waals surface area contributed by atoms with Crippen molar-refractivity contribution in [2.24, 2.45) is 0 Å². The van der Waals surface area contributed by atoms with Gasteiger partial charge in [-0.25, -0.2) is 4.79 Å². The van der Waals surface area contributed by atoms with E-state index in [1.54, 1.807) is 31.2 Å². The zero-order chi connectivity index (χ0) is 17.4. The van der Waals surface area contributed by atoms with Gasteiger partial charge in [-0.3, -0.25) is 4.79 Å². The van der Waals surface area contributed by atoms with Crippen LogP contribution in [0.1, 0.15) is 49.4 Å². The van der Waals surface area contributed by atoms with Crippen molar-refractivity contribution in [2.75, 3.05) is 13.7 Å². The van der Waals surface area contributed by atoms with Gasteiger partial charge in [-0.1, -0.05) is 17.7 Å². The highest BCUT2D eigenvalue weighted by atomic mass is 16.5. The number of hydrogen-bond donors (Lipinski definition) is 1. The molecule has 0 bridgehead atoms. The van der Waals surface area contributed by atoms with Crippen molar-refractivity contribution in [3.63, 3.8) is 0 Å². The largest absolute Gasteiger partial charge is 0.497 e. The standard InChI is InChI=1S/C19H25NO4/c1-14(18(21)20-12-11-15-7-4-3-5-8-15)24-19(22)16-9-6-10-17(13-16)23-2/h6-7,9-10,13-14H,3-5,8,11-12H2,1-2H3,(H,20,21)/t14-/m0/s1. The molecule has 0 heterocycles. The smallest absolute Gasteiger partial charge is 0.339 e. The Balaban J connectivity index is 1.77. The summed E-state index contributed by atoms with van der Waals surface area (Å²) in [6, 6.07) is 6.67. The van der Waals surface area contributed by atoms with Crippen molar-refractivity contribution in [1.82, 2.24) is 5.32 Å². The molecule has 1 aromatic rings. The van der Waals surface area contributed by atoms with Crippen molar-refractivity contribution in [3.8, 4) is 5.75 Å². The van der Waals surface area contributed by atoms with Gasteiger partial charge < -0.3 is 14.8 Å². The van der Waals surface area contributed by atoms with Crippen molar-refractivity contribution in [3.05, 3.63) is 41.5 Å². The van der Waals surface area contributed by atoms with Gasteiger partial charge in [0.15, 0.2) is 6.10 Å². The number of nitrogens with one attached hydrogen (secondary N) is 1. The van der Waals surface area contributed by atoms with Gasteiger partial charge in [-0.2, -0.15) is 0 Å². The van der Waals surface area contributed by atoms with Crippen LogP contribution in [0.15, 0.2) is 35.9 Å². The number of carbonyl (C=O) groups is 2. The summed E-state index contributed by atoms with van der Waals surface area (Å²) in [6.07, 6.45) is 7.05. The molecule has 24 heavy (non-hydrogen) atoms. The van der Waals surface area contributed by atoms with Crippen LogP contribution in [-0.2, 0) is 9.53 Å². The van der Waals surface area contributed by atoms with E-state index in [0.717, 1.165) is 19.3 Å². The van der Waals surface area contributed by atoms with E-state index in [9.17, 15) is 9.59 Å². The fourth-order valence-corrected chi connectivity index (χ4v) is 2.65. The first-order chi connectivity index (χ1) is 11.6. The first-order valence-electron chi connectivity index (χ1n) is 8.41. The molecular weight excluding hydrogens is 306 g/mol. The summed E-state index contributed by atoms with van der Waals surface area (Å²) >= 11 is 0. The maximum Gasteiger partial charge on any atom is 0.339 e. The van der Waals surface area contributed by atoms with E-state index in [2.05, 4.69) is 11.4 Å². The number of carbonyl (C=O) groups excluding carboxylic acids is 2. The average molecular weight is 331 g/mol. The molecule has 1 aliphatic rings. The van der Waals surface area contributed by atoms with Crippen molar-refractivity contribution < 1.29 is 19.1 Å². The van der Waals surface area contributed by atoms with E-state index in [4.69, 9.17) is 9.47 Å². The van der Waals surface area contributed by atoms with Crippen LogP contribution < -0.4 is 10.1 Å². The van der Waals surface area contributed by atoms with Crippen LogP contribution in [0, 0.1) is 0 Å². The third-order valence-corrected chi connectivity index (χ3v) is 4.09. The van der Waals surface area contributed by atoms with Gasteiger partial charge >= 0.3 is 5.97 Å². The molecule has 1 aromatic carbocycles.